The van der Waals surface area contributed by atoms with Crippen LogP contribution in [0.4, 0.5) is 4.79 Å². The maximum Gasteiger partial charge on any atom is 0.407 e. The Hall–Kier alpha value is -2.90. The first-order valence-corrected chi connectivity index (χ1v) is 13.4. The third-order valence-corrected chi connectivity index (χ3v) is 6.33. The van der Waals surface area contributed by atoms with Crippen LogP contribution in [-0.2, 0) is 20.2 Å². The molecule has 0 bridgehead atoms. The van der Waals surface area contributed by atoms with Crippen molar-refractivity contribution in [2.75, 3.05) is 55.0 Å². The minimum absolute atomic E-state index is 0.00234. The number of carbonyl (C=O) groups excluding carboxylic acids is 1. The van der Waals surface area contributed by atoms with Crippen molar-refractivity contribution in [3.63, 3.8) is 0 Å². The molecule has 0 fully saturated rings. The molecule has 1 N–H and O–H groups in total. The third kappa shape index (κ3) is 5.77. The molecule has 1 aliphatic rings. The number of hydrogen-bond acceptors (Lipinski definition) is 8. The van der Waals surface area contributed by atoms with E-state index in [0.717, 1.165) is 22.3 Å². The Bertz CT molecular complexity index is 1080. The molecule has 3 rings (SSSR count). The summed E-state index contributed by atoms with van der Waals surface area (Å²) in [4.78, 5) is 12.6. The molecule has 0 aliphatic heterocycles. The van der Waals surface area contributed by atoms with Gasteiger partial charge in [0.25, 0.3) is 0 Å². The highest BCUT2D eigenvalue weighted by atomic mass is 31.2. The number of amides is 1. The first-order chi connectivity index (χ1) is 16.2. The van der Waals surface area contributed by atoms with Crippen LogP contribution in [0.2, 0.25) is 0 Å². The van der Waals surface area contributed by atoms with Crippen LogP contribution in [0, 0.1) is 0 Å². The number of carbonyl (C=O) groups is 1. The van der Waals surface area contributed by atoms with Gasteiger partial charge >= 0.3 is 6.09 Å². The maximum absolute atomic E-state index is 12.6. The summed E-state index contributed by atoms with van der Waals surface area (Å²) in [5, 5.41) is 2.95. The summed E-state index contributed by atoms with van der Waals surface area (Å²) in [5.74, 6) is 2.30. The van der Waals surface area contributed by atoms with Gasteiger partial charge in [0.15, 0.2) is 18.9 Å². The van der Waals surface area contributed by atoms with Gasteiger partial charge in [-0.15, -0.1) is 0 Å². The largest absolute Gasteiger partial charge is 0.497 e. The van der Waals surface area contributed by atoms with Gasteiger partial charge in [0.2, 0.25) is 5.75 Å². The quantitative estimate of drug-likeness (QED) is 0.398. The molecule has 0 saturated carbocycles. The minimum Gasteiger partial charge on any atom is -0.497 e. The average molecular weight is 493 g/mol. The summed E-state index contributed by atoms with van der Waals surface area (Å²) in [6.07, 6.45) is 0.667. The summed E-state index contributed by atoms with van der Waals surface area (Å²) in [7, 11) is 3.70. The Morgan fingerprint density at radius 3 is 2.35 bits per heavy atom. The Labute approximate surface area is 200 Å². The number of benzene rings is 2. The molecule has 1 amide bonds. The highest BCUT2D eigenvalue weighted by Crippen LogP contribution is 2.50. The molecule has 9 nitrogen and oxygen atoms in total. The van der Waals surface area contributed by atoms with Crippen LogP contribution in [0.15, 0.2) is 24.3 Å². The predicted octanol–water partition coefficient (Wildman–Crippen LogP) is 4.66. The first-order valence-electron chi connectivity index (χ1n) is 10.8. The third-order valence-electron chi connectivity index (χ3n) is 5.53. The van der Waals surface area contributed by atoms with Crippen molar-refractivity contribution in [3.05, 3.63) is 35.4 Å². The number of fused-ring (bicyclic) bond motifs is 3. The van der Waals surface area contributed by atoms with Gasteiger partial charge in [0.05, 0.1) is 41.1 Å². The Morgan fingerprint density at radius 2 is 1.74 bits per heavy atom. The van der Waals surface area contributed by atoms with Gasteiger partial charge in [-0.1, -0.05) is 6.07 Å². The summed E-state index contributed by atoms with van der Waals surface area (Å²) in [6.45, 7) is 3.09. The molecular weight excluding hydrogens is 461 g/mol. The van der Waals surface area contributed by atoms with E-state index in [0.29, 0.717) is 35.8 Å². The van der Waals surface area contributed by atoms with E-state index in [2.05, 4.69) is 5.32 Å². The lowest BCUT2D eigenvalue weighted by Gasteiger charge is -2.21. The number of ether oxygens (including phenoxy) is 5. The average Bonchev–Trinajstić information content (AvgIpc) is 2.96. The van der Waals surface area contributed by atoms with Crippen LogP contribution in [0.25, 0.3) is 11.1 Å². The van der Waals surface area contributed by atoms with Crippen LogP contribution >= 0.6 is 7.37 Å². The number of hydrogen-bond donors (Lipinski definition) is 1. The second-order valence-electron chi connectivity index (χ2n) is 8.09. The predicted molar refractivity (Wildman–Crippen MR) is 129 cm³/mol. The van der Waals surface area contributed by atoms with Gasteiger partial charge in [0.1, 0.15) is 12.4 Å². The molecule has 0 aromatic heterocycles. The summed E-state index contributed by atoms with van der Waals surface area (Å²) >= 11 is 0. The van der Waals surface area contributed by atoms with E-state index in [1.54, 1.807) is 28.4 Å². The van der Waals surface area contributed by atoms with E-state index in [1.165, 1.54) is 13.3 Å². The molecule has 10 heteroatoms. The molecule has 186 valence electrons. The fraction of sp³-hybridized carbons (Fsp3) is 0.458. The van der Waals surface area contributed by atoms with Crippen molar-refractivity contribution >= 4 is 13.5 Å². The number of alkyl carbamates (subject to hydrolysis) is 1. The molecule has 0 heterocycles. The van der Waals surface area contributed by atoms with Crippen molar-refractivity contribution in [1.82, 2.24) is 5.32 Å². The van der Waals surface area contributed by atoms with Crippen molar-refractivity contribution in [3.8, 4) is 34.1 Å². The van der Waals surface area contributed by atoms with Gasteiger partial charge in [-0.2, -0.15) is 0 Å². The monoisotopic (exact) mass is 493 g/mol. The highest BCUT2D eigenvalue weighted by Gasteiger charge is 2.30. The van der Waals surface area contributed by atoms with Crippen LogP contribution in [-0.4, -0.2) is 61.1 Å². The summed E-state index contributed by atoms with van der Waals surface area (Å²) in [5.41, 5.74) is 3.64. The fourth-order valence-electron chi connectivity index (χ4n) is 4.06. The van der Waals surface area contributed by atoms with Crippen molar-refractivity contribution in [2.24, 2.45) is 0 Å². The van der Waals surface area contributed by atoms with Gasteiger partial charge < -0.3 is 33.5 Å². The lowest BCUT2D eigenvalue weighted by atomic mass is 9.93. The summed E-state index contributed by atoms with van der Waals surface area (Å²) in [6, 6.07) is 7.30. The SMILES string of the molecule is COc1ccc2c(c1)[C@@H](NC(=O)OCCOP(C)(C)=O)CCc1cc(OC)c(OC)c(OC)c1-2. The molecule has 1 atom stereocenters. The molecule has 2 aromatic rings. The van der Waals surface area contributed by atoms with E-state index < -0.39 is 13.5 Å². The van der Waals surface area contributed by atoms with Crippen LogP contribution in [0.5, 0.6) is 23.0 Å². The zero-order valence-corrected chi connectivity index (χ0v) is 21.3. The fourth-order valence-corrected chi connectivity index (χ4v) is 4.58. The van der Waals surface area contributed by atoms with Gasteiger partial charge in [-0.05, 0) is 47.7 Å². The van der Waals surface area contributed by atoms with Crippen LogP contribution in [0.3, 0.4) is 0 Å². The van der Waals surface area contributed by atoms with E-state index in [1.807, 2.05) is 24.3 Å². The summed E-state index contributed by atoms with van der Waals surface area (Å²) < 4.78 is 44.4. The van der Waals surface area contributed by atoms with E-state index >= 15 is 0 Å². The highest BCUT2D eigenvalue weighted by molar-refractivity contribution is 7.57. The van der Waals surface area contributed by atoms with Crippen molar-refractivity contribution in [2.45, 2.75) is 18.9 Å². The Kier molecular flexibility index (Phi) is 8.33. The van der Waals surface area contributed by atoms with Crippen LogP contribution in [0.1, 0.15) is 23.6 Å². The zero-order valence-electron chi connectivity index (χ0n) is 20.4. The molecule has 0 radical (unpaired) electrons. The van der Waals surface area contributed by atoms with Gasteiger partial charge in [-0.3, -0.25) is 4.57 Å². The first kappa shape index (κ1) is 25.7. The Balaban J connectivity index is 1.96. The Morgan fingerprint density at radius 1 is 1.00 bits per heavy atom. The van der Waals surface area contributed by atoms with E-state index in [9.17, 15) is 9.36 Å². The second-order valence-corrected chi connectivity index (χ2v) is 10.9. The molecular formula is C24H32NO8P. The molecule has 0 spiro atoms. The molecule has 2 aromatic carbocycles. The standard InChI is InChI=1S/C24H32NO8P/c1-28-16-8-9-17-18(14-16)19(25-24(26)32-11-12-33-34(5,6)27)10-7-15-13-20(29-2)22(30-3)23(31-4)21(15)17/h8-9,13-14,19H,7,10-12H2,1-6H3,(H,25,26)/t19-/m0/s1. The number of rotatable bonds is 9. The molecule has 0 saturated heterocycles. The normalized spacial score (nSPS) is 14.8. The van der Waals surface area contributed by atoms with Crippen LogP contribution < -0.4 is 24.3 Å². The van der Waals surface area contributed by atoms with Gasteiger partial charge in [0, 0.05) is 18.9 Å². The number of nitrogens with one attached hydrogen (secondary N) is 1. The molecule has 0 unspecified atom stereocenters. The smallest absolute Gasteiger partial charge is 0.407 e. The van der Waals surface area contributed by atoms with Crippen molar-refractivity contribution in [1.29, 1.82) is 0 Å². The topological polar surface area (TPSA) is 102 Å². The maximum atomic E-state index is 12.6. The lowest BCUT2D eigenvalue weighted by molar-refractivity contribution is 0.122. The lowest BCUT2D eigenvalue weighted by Crippen LogP contribution is -2.30. The van der Waals surface area contributed by atoms with E-state index in [4.69, 9.17) is 28.2 Å². The zero-order chi connectivity index (χ0) is 24.9. The number of aryl methyl sites for hydroxylation is 1. The molecule has 1 aliphatic carbocycles. The second kappa shape index (κ2) is 11.0. The molecule has 34 heavy (non-hydrogen) atoms. The minimum atomic E-state index is -2.63. The number of methoxy groups -OCH3 is 4. The van der Waals surface area contributed by atoms with Gasteiger partial charge in [-0.25, -0.2) is 4.79 Å². The van der Waals surface area contributed by atoms with Crippen molar-refractivity contribution < 1.29 is 37.6 Å². The van der Waals surface area contributed by atoms with E-state index in [-0.39, 0.29) is 19.3 Å².